The number of anilines is 1. The molecule has 0 heterocycles. The Labute approximate surface area is 167 Å². The molecular formula is C19H20Cl2N2O2S. The number of carbonyl (C=O) groups is 2. The highest BCUT2D eigenvalue weighted by atomic mass is 35.5. The van der Waals surface area contributed by atoms with Gasteiger partial charge < -0.3 is 10.2 Å². The number of aryl methyl sites for hydroxylation is 2. The SMILES string of the molecule is Cc1ccc(C)c(SCC(=O)N(C)CC(=O)Nc2c(Cl)cccc2Cl)c1. The molecule has 138 valence electrons. The third-order valence-electron chi connectivity index (χ3n) is 3.73. The van der Waals surface area contributed by atoms with E-state index in [1.165, 1.54) is 16.7 Å². The molecule has 0 aliphatic carbocycles. The van der Waals surface area contributed by atoms with Gasteiger partial charge in [-0.2, -0.15) is 0 Å². The molecule has 0 saturated carbocycles. The van der Waals surface area contributed by atoms with Crippen LogP contribution < -0.4 is 5.32 Å². The van der Waals surface area contributed by atoms with Gasteiger partial charge in [-0.3, -0.25) is 9.59 Å². The largest absolute Gasteiger partial charge is 0.336 e. The second-order valence-corrected chi connectivity index (χ2v) is 7.78. The van der Waals surface area contributed by atoms with Crippen LogP contribution in [0.25, 0.3) is 0 Å². The minimum atomic E-state index is -0.354. The average molecular weight is 411 g/mol. The van der Waals surface area contributed by atoms with Gasteiger partial charge in [0.1, 0.15) is 0 Å². The van der Waals surface area contributed by atoms with Crippen molar-refractivity contribution in [2.24, 2.45) is 0 Å². The molecule has 0 radical (unpaired) electrons. The van der Waals surface area contributed by atoms with E-state index in [0.717, 1.165) is 16.0 Å². The zero-order chi connectivity index (χ0) is 19.3. The van der Waals surface area contributed by atoms with E-state index >= 15 is 0 Å². The summed E-state index contributed by atoms with van der Waals surface area (Å²) >= 11 is 13.5. The van der Waals surface area contributed by atoms with E-state index in [9.17, 15) is 9.59 Å². The fourth-order valence-corrected chi connectivity index (χ4v) is 3.77. The molecule has 26 heavy (non-hydrogen) atoms. The van der Waals surface area contributed by atoms with Crippen molar-refractivity contribution in [1.82, 2.24) is 4.90 Å². The zero-order valence-electron chi connectivity index (χ0n) is 14.8. The molecule has 0 saturated heterocycles. The molecule has 0 aliphatic rings. The lowest BCUT2D eigenvalue weighted by Crippen LogP contribution is -2.36. The van der Waals surface area contributed by atoms with E-state index in [1.54, 1.807) is 25.2 Å². The Morgan fingerprint density at radius 1 is 1.12 bits per heavy atom. The Morgan fingerprint density at radius 3 is 2.42 bits per heavy atom. The number of hydrogen-bond acceptors (Lipinski definition) is 3. The van der Waals surface area contributed by atoms with Crippen molar-refractivity contribution in [3.05, 3.63) is 57.6 Å². The smallest absolute Gasteiger partial charge is 0.244 e. The van der Waals surface area contributed by atoms with Gasteiger partial charge in [-0.25, -0.2) is 0 Å². The molecular weight excluding hydrogens is 391 g/mol. The number of para-hydroxylation sites is 1. The molecule has 0 unspecified atom stereocenters. The topological polar surface area (TPSA) is 49.4 Å². The summed E-state index contributed by atoms with van der Waals surface area (Å²) < 4.78 is 0. The van der Waals surface area contributed by atoms with Crippen LogP contribution in [0.2, 0.25) is 10.0 Å². The predicted octanol–water partition coefficient (Wildman–Crippen LogP) is 4.80. The molecule has 2 aromatic carbocycles. The summed E-state index contributed by atoms with van der Waals surface area (Å²) in [6.45, 7) is 3.95. The first-order chi connectivity index (χ1) is 12.3. The van der Waals surface area contributed by atoms with Crippen LogP contribution in [-0.2, 0) is 9.59 Å². The van der Waals surface area contributed by atoms with Crippen molar-refractivity contribution in [3.8, 4) is 0 Å². The maximum absolute atomic E-state index is 12.3. The summed E-state index contributed by atoms with van der Waals surface area (Å²) in [5.74, 6) is -0.218. The first kappa shape index (κ1) is 20.6. The lowest BCUT2D eigenvalue weighted by atomic mass is 10.2. The molecule has 2 rings (SSSR count). The highest BCUT2D eigenvalue weighted by Gasteiger charge is 2.16. The van der Waals surface area contributed by atoms with Crippen LogP contribution in [0.5, 0.6) is 0 Å². The van der Waals surface area contributed by atoms with Gasteiger partial charge >= 0.3 is 0 Å². The van der Waals surface area contributed by atoms with Crippen molar-refractivity contribution < 1.29 is 9.59 Å². The molecule has 2 aromatic rings. The van der Waals surface area contributed by atoms with Crippen LogP contribution in [-0.4, -0.2) is 36.1 Å². The molecule has 4 nitrogen and oxygen atoms in total. The fourth-order valence-electron chi connectivity index (χ4n) is 2.21. The second kappa shape index (κ2) is 9.31. The molecule has 2 amide bonds. The molecule has 0 aliphatic heterocycles. The highest BCUT2D eigenvalue weighted by Crippen LogP contribution is 2.29. The Bertz CT molecular complexity index is 807. The number of amides is 2. The van der Waals surface area contributed by atoms with Crippen molar-refractivity contribution in [3.63, 3.8) is 0 Å². The van der Waals surface area contributed by atoms with Gasteiger partial charge in [0.15, 0.2) is 0 Å². The van der Waals surface area contributed by atoms with Crippen molar-refractivity contribution in [1.29, 1.82) is 0 Å². The lowest BCUT2D eigenvalue weighted by Gasteiger charge is -2.17. The molecule has 1 N–H and O–H groups in total. The van der Waals surface area contributed by atoms with Crippen LogP contribution in [0, 0.1) is 13.8 Å². The lowest BCUT2D eigenvalue weighted by molar-refractivity contribution is -0.131. The first-order valence-corrected chi connectivity index (χ1v) is 9.70. The van der Waals surface area contributed by atoms with Gasteiger partial charge in [0.2, 0.25) is 11.8 Å². The van der Waals surface area contributed by atoms with Crippen LogP contribution in [0.15, 0.2) is 41.3 Å². The van der Waals surface area contributed by atoms with Crippen molar-refractivity contribution in [2.75, 3.05) is 24.7 Å². The van der Waals surface area contributed by atoms with Crippen molar-refractivity contribution >= 4 is 52.5 Å². The maximum Gasteiger partial charge on any atom is 0.244 e. The Morgan fingerprint density at radius 2 is 1.77 bits per heavy atom. The van der Waals surface area contributed by atoms with E-state index in [2.05, 4.69) is 11.4 Å². The number of thioether (sulfide) groups is 1. The van der Waals surface area contributed by atoms with Crippen LogP contribution in [0.4, 0.5) is 5.69 Å². The average Bonchev–Trinajstić information content (AvgIpc) is 2.58. The molecule has 0 bridgehead atoms. The fraction of sp³-hybridized carbons (Fsp3) is 0.263. The van der Waals surface area contributed by atoms with Gasteiger partial charge in [0.05, 0.1) is 28.0 Å². The zero-order valence-corrected chi connectivity index (χ0v) is 17.1. The second-order valence-electron chi connectivity index (χ2n) is 5.95. The van der Waals surface area contributed by atoms with Gasteiger partial charge in [0, 0.05) is 11.9 Å². The van der Waals surface area contributed by atoms with E-state index < -0.39 is 0 Å². The van der Waals surface area contributed by atoms with Gasteiger partial charge in [-0.05, 0) is 37.6 Å². The number of nitrogens with one attached hydrogen (secondary N) is 1. The quantitative estimate of drug-likeness (QED) is 0.695. The summed E-state index contributed by atoms with van der Waals surface area (Å²) in [5, 5.41) is 3.36. The molecule has 7 heteroatoms. The van der Waals surface area contributed by atoms with E-state index in [0.29, 0.717) is 15.7 Å². The first-order valence-electron chi connectivity index (χ1n) is 7.96. The predicted molar refractivity (Wildman–Crippen MR) is 109 cm³/mol. The summed E-state index contributed by atoms with van der Waals surface area (Å²) in [5.41, 5.74) is 2.63. The number of nitrogens with zero attached hydrogens (tertiary/aromatic N) is 1. The van der Waals surface area contributed by atoms with E-state index in [-0.39, 0.29) is 24.1 Å². The number of likely N-dealkylation sites (N-methyl/N-ethyl adjacent to an activating group) is 1. The third kappa shape index (κ3) is 5.66. The number of rotatable bonds is 6. The summed E-state index contributed by atoms with van der Waals surface area (Å²) in [4.78, 5) is 26.9. The number of hydrogen-bond donors (Lipinski definition) is 1. The van der Waals surface area contributed by atoms with Crippen LogP contribution >= 0.6 is 35.0 Å². The third-order valence-corrected chi connectivity index (χ3v) is 5.50. The van der Waals surface area contributed by atoms with Crippen LogP contribution in [0.1, 0.15) is 11.1 Å². The number of benzene rings is 2. The van der Waals surface area contributed by atoms with Crippen molar-refractivity contribution in [2.45, 2.75) is 18.7 Å². The van der Waals surface area contributed by atoms with Gasteiger partial charge in [0.25, 0.3) is 0 Å². The minimum Gasteiger partial charge on any atom is -0.336 e. The summed E-state index contributed by atoms with van der Waals surface area (Å²) in [6.07, 6.45) is 0. The monoisotopic (exact) mass is 410 g/mol. The Hall–Kier alpha value is -1.69. The van der Waals surface area contributed by atoms with Gasteiger partial charge in [-0.1, -0.05) is 47.0 Å². The Kier molecular flexibility index (Phi) is 7.38. The van der Waals surface area contributed by atoms with Gasteiger partial charge in [-0.15, -0.1) is 11.8 Å². The molecule has 0 fully saturated rings. The van der Waals surface area contributed by atoms with Crippen LogP contribution in [0.3, 0.4) is 0 Å². The summed E-state index contributed by atoms with van der Waals surface area (Å²) in [7, 11) is 1.60. The molecule has 0 aromatic heterocycles. The standard InChI is InChI=1S/C19H20Cl2N2O2S/c1-12-7-8-13(2)16(9-12)26-11-18(25)23(3)10-17(24)22-19-14(20)5-4-6-15(19)21/h4-9H,10-11H2,1-3H3,(H,22,24). The van der Waals surface area contributed by atoms with E-state index in [1.807, 2.05) is 26.0 Å². The molecule has 0 spiro atoms. The molecule has 0 atom stereocenters. The normalized spacial score (nSPS) is 10.5. The summed E-state index contributed by atoms with van der Waals surface area (Å²) in [6, 6.07) is 11.1. The highest BCUT2D eigenvalue weighted by molar-refractivity contribution is 8.00. The minimum absolute atomic E-state index is 0.0756. The Balaban J connectivity index is 1.90. The number of halogens is 2. The maximum atomic E-state index is 12.3. The number of carbonyl (C=O) groups excluding carboxylic acids is 2. The van der Waals surface area contributed by atoms with E-state index in [4.69, 9.17) is 23.2 Å².